The maximum Gasteiger partial charge on any atom is 0.327 e. The van der Waals surface area contributed by atoms with Gasteiger partial charge in [-0.3, -0.25) is 14.3 Å². The van der Waals surface area contributed by atoms with Crippen LogP contribution in [0.1, 0.15) is 0 Å². The van der Waals surface area contributed by atoms with Gasteiger partial charge in [0.25, 0.3) is 5.56 Å². The van der Waals surface area contributed by atoms with Gasteiger partial charge in [0.2, 0.25) is 0 Å². The van der Waals surface area contributed by atoms with Crippen LogP contribution >= 0.6 is 11.8 Å². The van der Waals surface area contributed by atoms with E-state index in [0.29, 0.717) is 17.7 Å². The molecule has 0 aromatic carbocycles. The third-order valence-electron chi connectivity index (χ3n) is 2.09. The number of fused-ring (bicyclic) bond motifs is 1. The molecular weight excluding hydrogens is 216 g/mol. The number of aryl methyl sites for hydroxylation is 1. The fraction of sp³-hybridized carbons (Fsp3) is 0.375. The normalized spacial score (nSPS) is 11.0. The Morgan fingerprint density at radius 3 is 3.07 bits per heavy atom. The van der Waals surface area contributed by atoms with Crippen LogP contribution in [-0.2, 0) is 6.54 Å². The van der Waals surface area contributed by atoms with E-state index in [-0.39, 0.29) is 11.2 Å². The summed E-state index contributed by atoms with van der Waals surface area (Å²) < 4.78 is 1.41. The molecule has 2 aromatic heterocycles. The maximum atomic E-state index is 11.5. The number of aromatic nitrogens is 4. The second kappa shape index (κ2) is 3.93. The van der Waals surface area contributed by atoms with E-state index in [4.69, 9.17) is 0 Å². The number of imidazole rings is 1. The van der Waals surface area contributed by atoms with Crippen molar-refractivity contribution in [2.75, 3.05) is 12.0 Å². The van der Waals surface area contributed by atoms with Crippen LogP contribution in [0.2, 0.25) is 0 Å². The Balaban J connectivity index is 2.66. The molecule has 0 aliphatic heterocycles. The molecule has 0 unspecified atom stereocenters. The van der Waals surface area contributed by atoms with Crippen molar-refractivity contribution >= 4 is 22.9 Å². The molecule has 0 atom stereocenters. The second-order valence-electron chi connectivity index (χ2n) is 3.00. The Bertz CT molecular complexity index is 582. The van der Waals surface area contributed by atoms with Crippen LogP contribution in [-0.4, -0.2) is 31.5 Å². The highest BCUT2D eigenvalue weighted by molar-refractivity contribution is 7.98. The zero-order chi connectivity index (χ0) is 10.8. The molecule has 7 heteroatoms. The first kappa shape index (κ1) is 10.0. The van der Waals surface area contributed by atoms with E-state index in [1.807, 2.05) is 6.26 Å². The third-order valence-corrected chi connectivity index (χ3v) is 2.68. The molecule has 0 amide bonds. The number of thioether (sulfide) groups is 1. The SMILES string of the molecule is CSCCn1c(=O)[nH]c2nc[nH]c(=O)c21. The summed E-state index contributed by atoms with van der Waals surface area (Å²) in [6.45, 7) is 0.509. The van der Waals surface area contributed by atoms with Crippen molar-refractivity contribution in [2.24, 2.45) is 0 Å². The van der Waals surface area contributed by atoms with E-state index < -0.39 is 0 Å². The first-order chi connectivity index (χ1) is 7.24. The lowest BCUT2D eigenvalue weighted by Crippen LogP contribution is -2.21. The molecule has 0 radical (unpaired) electrons. The predicted octanol–water partition coefficient (Wildman–Crippen LogP) is -0.224. The topological polar surface area (TPSA) is 83.5 Å². The fourth-order valence-electron chi connectivity index (χ4n) is 1.40. The Morgan fingerprint density at radius 1 is 1.53 bits per heavy atom. The summed E-state index contributed by atoms with van der Waals surface area (Å²) in [7, 11) is 0. The summed E-state index contributed by atoms with van der Waals surface area (Å²) in [6.07, 6.45) is 3.22. The molecule has 0 spiro atoms. The Hall–Kier alpha value is -1.50. The summed E-state index contributed by atoms with van der Waals surface area (Å²) in [6, 6.07) is 0. The standard InChI is InChI=1S/C8H10N4O2S/c1-15-3-2-12-5-6(11-8(12)14)9-4-10-7(5)13/h4H,2-3H2,1H3,(H2,9,10,11,13,14). The van der Waals surface area contributed by atoms with Crippen LogP contribution in [0.25, 0.3) is 11.2 Å². The highest BCUT2D eigenvalue weighted by atomic mass is 32.2. The molecule has 0 saturated carbocycles. The molecule has 2 rings (SSSR count). The smallest absolute Gasteiger partial charge is 0.311 e. The van der Waals surface area contributed by atoms with Crippen molar-refractivity contribution < 1.29 is 0 Å². The minimum Gasteiger partial charge on any atom is -0.311 e. The minimum absolute atomic E-state index is 0.289. The molecule has 80 valence electrons. The number of hydrogen-bond acceptors (Lipinski definition) is 4. The molecule has 15 heavy (non-hydrogen) atoms. The first-order valence-corrected chi connectivity index (χ1v) is 5.78. The zero-order valence-electron chi connectivity index (χ0n) is 8.11. The molecule has 2 heterocycles. The van der Waals surface area contributed by atoms with Gasteiger partial charge in [-0.2, -0.15) is 11.8 Å². The number of nitrogens with one attached hydrogen (secondary N) is 2. The van der Waals surface area contributed by atoms with Gasteiger partial charge >= 0.3 is 5.69 Å². The second-order valence-corrected chi connectivity index (χ2v) is 3.99. The Labute approximate surface area is 88.7 Å². The van der Waals surface area contributed by atoms with Crippen molar-refractivity contribution in [1.82, 2.24) is 19.5 Å². The maximum absolute atomic E-state index is 11.5. The van der Waals surface area contributed by atoms with Gasteiger partial charge in [0.05, 0.1) is 6.33 Å². The van der Waals surface area contributed by atoms with E-state index in [0.717, 1.165) is 5.75 Å². The molecule has 0 fully saturated rings. The third kappa shape index (κ3) is 1.70. The van der Waals surface area contributed by atoms with Crippen LogP contribution in [0.5, 0.6) is 0 Å². The zero-order valence-corrected chi connectivity index (χ0v) is 8.93. The van der Waals surface area contributed by atoms with E-state index in [9.17, 15) is 9.59 Å². The van der Waals surface area contributed by atoms with Gasteiger partial charge in [-0.05, 0) is 6.26 Å². The predicted molar refractivity (Wildman–Crippen MR) is 59.4 cm³/mol. The van der Waals surface area contributed by atoms with E-state index >= 15 is 0 Å². The average molecular weight is 226 g/mol. The number of nitrogens with zero attached hydrogens (tertiary/aromatic N) is 2. The van der Waals surface area contributed by atoms with E-state index in [2.05, 4.69) is 15.0 Å². The molecule has 0 saturated heterocycles. The number of rotatable bonds is 3. The molecule has 0 bridgehead atoms. The van der Waals surface area contributed by atoms with Gasteiger partial charge < -0.3 is 4.98 Å². The lowest BCUT2D eigenvalue weighted by molar-refractivity contribution is 0.758. The minimum atomic E-state index is -0.292. The first-order valence-electron chi connectivity index (χ1n) is 4.39. The highest BCUT2D eigenvalue weighted by Gasteiger charge is 2.09. The Kier molecular flexibility index (Phi) is 2.63. The largest absolute Gasteiger partial charge is 0.327 e. The van der Waals surface area contributed by atoms with Crippen molar-refractivity contribution in [1.29, 1.82) is 0 Å². The van der Waals surface area contributed by atoms with Crippen LogP contribution in [0, 0.1) is 0 Å². The van der Waals surface area contributed by atoms with Gasteiger partial charge in [0.1, 0.15) is 0 Å². The van der Waals surface area contributed by atoms with Crippen LogP contribution < -0.4 is 11.2 Å². The van der Waals surface area contributed by atoms with Gasteiger partial charge in [0.15, 0.2) is 11.2 Å². The van der Waals surface area contributed by atoms with Gasteiger partial charge in [0, 0.05) is 12.3 Å². The molecule has 2 N–H and O–H groups in total. The van der Waals surface area contributed by atoms with Gasteiger partial charge in [-0.25, -0.2) is 9.78 Å². The average Bonchev–Trinajstić information content (AvgIpc) is 2.53. The number of H-pyrrole nitrogens is 2. The van der Waals surface area contributed by atoms with Crippen molar-refractivity contribution in [3.05, 3.63) is 27.2 Å². The fourth-order valence-corrected chi connectivity index (χ4v) is 1.77. The van der Waals surface area contributed by atoms with Crippen molar-refractivity contribution in [3.8, 4) is 0 Å². The quantitative estimate of drug-likeness (QED) is 0.757. The number of aromatic amines is 2. The summed E-state index contributed by atoms with van der Waals surface area (Å²) in [5.74, 6) is 0.779. The summed E-state index contributed by atoms with van der Waals surface area (Å²) >= 11 is 1.62. The van der Waals surface area contributed by atoms with Gasteiger partial charge in [-0.15, -0.1) is 0 Å². The molecule has 2 aromatic rings. The Morgan fingerprint density at radius 2 is 2.33 bits per heavy atom. The summed E-state index contributed by atoms with van der Waals surface area (Å²) in [5.41, 5.74) is 0.0732. The van der Waals surface area contributed by atoms with E-state index in [1.165, 1.54) is 10.9 Å². The highest BCUT2D eigenvalue weighted by Crippen LogP contribution is 2.01. The summed E-state index contributed by atoms with van der Waals surface area (Å²) in [4.78, 5) is 31.9. The van der Waals surface area contributed by atoms with Crippen molar-refractivity contribution in [3.63, 3.8) is 0 Å². The molecular formula is C8H10N4O2S. The van der Waals surface area contributed by atoms with E-state index in [1.54, 1.807) is 11.8 Å². The molecule has 0 aliphatic rings. The van der Waals surface area contributed by atoms with Crippen molar-refractivity contribution in [2.45, 2.75) is 6.54 Å². The van der Waals surface area contributed by atoms with Crippen LogP contribution in [0.3, 0.4) is 0 Å². The van der Waals surface area contributed by atoms with Crippen LogP contribution in [0.15, 0.2) is 15.9 Å². The number of hydrogen-bond donors (Lipinski definition) is 2. The molecule has 6 nitrogen and oxygen atoms in total. The molecule has 0 aliphatic carbocycles. The summed E-state index contributed by atoms with van der Waals surface area (Å²) in [5, 5.41) is 0. The van der Waals surface area contributed by atoms with Crippen LogP contribution in [0.4, 0.5) is 0 Å². The monoisotopic (exact) mass is 226 g/mol. The lowest BCUT2D eigenvalue weighted by atomic mass is 10.5. The van der Waals surface area contributed by atoms with Gasteiger partial charge in [-0.1, -0.05) is 0 Å². The lowest BCUT2D eigenvalue weighted by Gasteiger charge is -1.99.